The van der Waals surface area contributed by atoms with Crippen molar-refractivity contribution in [1.29, 1.82) is 0 Å². The molecular weight excluding hydrogens is 284 g/mol. The summed E-state index contributed by atoms with van der Waals surface area (Å²) in [4.78, 5) is 8.39. The Balaban J connectivity index is 2.07. The molecule has 2 unspecified atom stereocenters. The average molecular weight is 301 g/mol. The first-order chi connectivity index (χ1) is 8.20. The Morgan fingerprint density at radius 1 is 1.41 bits per heavy atom. The zero-order valence-electron chi connectivity index (χ0n) is 10.0. The van der Waals surface area contributed by atoms with Gasteiger partial charge >= 0.3 is 0 Å². The van der Waals surface area contributed by atoms with E-state index in [1.165, 1.54) is 0 Å². The van der Waals surface area contributed by atoms with Crippen LogP contribution < -0.4 is 10.6 Å². The molecule has 0 radical (unpaired) electrons. The van der Waals surface area contributed by atoms with Crippen molar-refractivity contribution in [2.75, 3.05) is 24.3 Å². The molecule has 2 rings (SSSR count). The number of rotatable bonds is 3. The predicted molar refractivity (Wildman–Crippen MR) is 71.3 cm³/mol. The third-order valence-electron chi connectivity index (χ3n) is 2.85. The van der Waals surface area contributed by atoms with Crippen LogP contribution in [0, 0.1) is 0 Å². The van der Waals surface area contributed by atoms with Gasteiger partial charge in [0, 0.05) is 19.7 Å². The fourth-order valence-corrected chi connectivity index (χ4v) is 2.48. The normalized spacial score (nSPS) is 24.4. The molecule has 1 aliphatic rings. The lowest BCUT2D eigenvalue weighted by Crippen LogP contribution is -2.32. The van der Waals surface area contributed by atoms with E-state index in [4.69, 9.17) is 4.74 Å². The van der Waals surface area contributed by atoms with E-state index < -0.39 is 0 Å². The fraction of sp³-hybridized carbons (Fsp3) is 0.636. The van der Waals surface area contributed by atoms with E-state index in [0.717, 1.165) is 35.6 Å². The maximum atomic E-state index is 5.52. The molecule has 0 aliphatic carbocycles. The minimum absolute atomic E-state index is 0.311. The molecule has 1 aromatic rings. The van der Waals surface area contributed by atoms with Crippen LogP contribution in [0.4, 0.5) is 11.6 Å². The Kier molecular flexibility index (Phi) is 4.17. The van der Waals surface area contributed by atoms with Crippen LogP contribution in [0.3, 0.4) is 0 Å². The number of halogens is 1. The lowest BCUT2D eigenvalue weighted by molar-refractivity contribution is 0.0231. The van der Waals surface area contributed by atoms with Crippen molar-refractivity contribution in [3.05, 3.63) is 10.8 Å². The van der Waals surface area contributed by atoms with Gasteiger partial charge in [0.05, 0.1) is 6.10 Å². The van der Waals surface area contributed by atoms with E-state index in [1.54, 1.807) is 6.33 Å². The first kappa shape index (κ1) is 12.6. The summed E-state index contributed by atoms with van der Waals surface area (Å²) in [5.74, 6) is 1.63. The van der Waals surface area contributed by atoms with Gasteiger partial charge in [-0.05, 0) is 35.7 Å². The molecule has 2 atom stereocenters. The van der Waals surface area contributed by atoms with Crippen LogP contribution in [-0.2, 0) is 4.74 Å². The highest BCUT2D eigenvalue weighted by atomic mass is 79.9. The molecule has 1 aromatic heterocycles. The summed E-state index contributed by atoms with van der Waals surface area (Å²) in [6.07, 6.45) is 3.88. The Morgan fingerprint density at radius 2 is 2.18 bits per heavy atom. The number of anilines is 2. The third kappa shape index (κ3) is 3.07. The van der Waals surface area contributed by atoms with Crippen molar-refractivity contribution in [1.82, 2.24) is 9.97 Å². The number of hydrogen-bond donors (Lipinski definition) is 2. The topological polar surface area (TPSA) is 59.1 Å². The molecule has 17 heavy (non-hydrogen) atoms. The summed E-state index contributed by atoms with van der Waals surface area (Å²) in [6, 6.07) is 0.412. The summed E-state index contributed by atoms with van der Waals surface area (Å²) >= 11 is 3.50. The van der Waals surface area contributed by atoms with Gasteiger partial charge in [0.2, 0.25) is 0 Å². The second-order valence-corrected chi connectivity index (χ2v) is 4.97. The number of nitrogens with zero attached hydrogens (tertiary/aromatic N) is 2. The highest BCUT2D eigenvalue weighted by Gasteiger charge is 2.20. The quantitative estimate of drug-likeness (QED) is 0.897. The third-order valence-corrected chi connectivity index (χ3v) is 3.60. The van der Waals surface area contributed by atoms with Crippen molar-refractivity contribution in [3.63, 3.8) is 0 Å². The van der Waals surface area contributed by atoms with E-state index in [-0.39, 0.29) is 0 Å². The highest BCUT2D eigenvalue weighted by molar-refractivity contribution is 9.10. The van der Waals surface area contributed by atoms with Crippen LogP contribution in [-0.4, -0.2) is 35.8 Å². The van der Waals surface area contributed by atoms with Gasteiger partial charge in [0.1, 0.15) is 22.4 Å². The van der Waals surface area contributed by atoms with Gasteiger partial charge in [-0.3, -0.25) is 0 Å². The average Bonchev–Trinajstić information content (AvgIpc) is 2.32. The molecule has 1 saturated heterocycles. The van der Waals surface area contributed by atoms with Crippen LogP contribution >= 0.6 is 15.9 Å². The van der Waals surface area contributed by atoms with Gasteiger partial charge in [-0.2, -0.15) is 0 Å². The van der Waals surface area contributed by atoms with Crippen molar-refractivity contribution >= 4 is 27.6 Å². The molecule has 2 heterocycles. The second kappa shape index (κ2) is 5.64. The number of ether oxygens (including phenoxy) is 1. The molecule has 1 aliphatic heterocycles. The van der Waals surface area contributed by atoms with E-state index >= 15 is 0 Å². The molecule has 5 nitrogen and oxygen atoms in total. The van der Waals surface area contributed by atoms with Crippen molar-refractivity contribution in [3.8, 4) is 0 Å². The molecule has 0 bridgehead atoms. The second-order valence-electron chi connectivity index (χ2n) is 4.18. The lowest BCUT2D eigenvalue weighted by atomic mass is 10.0. The molecule has 0 aromatic carbocycles. The highest BCUT2D eigenvalue weighted by Crippen LogP contribution is 2.28. The standard InChI is InChI=1S/C11H17BrN4O/c1-7-5-8(3-4-17-7)16-11-9(12)10(13-2)14-6-15-11/h6-8H,3-5H2,1-2H3,(H2,13,14,15,16). The largest absolute Gasteiger partial charge is 0.378 e. The molecule has 94 valence electrons. The monoisotopic (exact) mass is 300 g/mol. The van der Waals surface area contributed by atoms with Gasteiger partial charge in [-0.1, -0.05) is 0 Å². The minimum atomic E-state index is 0.311. The van der Waals surface area contributed by atoms with Crippen LogP contribution in [0.5, 0.6) is 0 Å². The smallest absolute Gasteiger partial charge is 0.146 e. The van der Waals surface area contributed by atoms with Gasteiger partial charge in [-0.25, -0.2) is 9.97 Å². The summed E-state index contributed by atoms with van der Waals surface area (Å²) in [6.45, 7) is 2.91. The first-order valence-electron chi connectivity index (χ1n) is 5.77. The van der Waals surface area contributed by atoms with Crippen LogP contribution in [0.25, 0.3) is 0 Å². The fourth-order valence-electron chi connectivity index (χ4n) is 1.97. The van der Waals surface area contributed by atoms with E-state index in [1.807, 2.05) is 7.05 Å². The van der Waals surface area contributed by atoms with Gasteiger partial charge < -0.3 is 15.4 Å². The molecule has 0 saturated carbocycles. The minimum Gasteiger partial charge on any atom is -0.378 e. The van der Waals surface area contributed by atoms with Crippen molar-refractivity contribution in [2.45, 2.75) is 31.9 Å². The molecular formula is C11H17BrN4O. The SMILES string of the molecule is CNc1ncnc(NC2CCOC(C)C2)c1Br. The zero-order chi connectivity index (χ0) is 12.3. The lowest BCUT2D eigenvalue weighted by Gasteiger charge is -2.28. The van der Waals surface area contributed by atoms with Crippen LogP contribution in [0.15, 0.2) is 10.8 Å². The van der Waals surface area contributed by atoms with Crippen LogP contribution in [0.2, 0.25) is 0 Å². The van der Waals surface area contributed by atoms with E-state index in [9.17, 15) is 0 Å². The summed E-state index contributed by atoms with van der Waals surface area (Å²) in [5, 5.41) is 6.46. The Hall–Kier alpha value is -0.880. The summed E-state index contributed by atoms with van der Waals surface area (Å²) in [7, 11) is 1.84. The van der Waals surface area contributed by atoms with Gasteiger partial charge in [0.25, 0.3) is 0 Å². The summed E-state index contributed by atoms with van der Waals surface area (Å²) < 4.78 is 6.40. The van der Waals surface area contributed by atoms with E-state index in [2.05, 4.69) is 43.5 Å². The Bertz CT molecular complexity index is 388. The Morgan fingerprint density at radius 3 is 2.88 bits per heavy atom. The first-order valence-corrected chi connectivity index (χ1v) is 6.56. The molecule has 6 heteroatoms. The Labute approximate surface area is 110 Å². The van der Waals surface area contributed by atoms with Gasteiger partial charge in [-0.15, -0.1) is 0 Å². The maximum absolute atomic E-state index is 5.52. The number of nitrogens with one attached hydrogen (secondary N) is 2. The zero-order valence-corrected chi connectivity index (χ0v) is 11.6. The maximum Gasteiger partial charge on any atom is 0.146 e. The molecule has 0 amide bonds. The molecule has 0 spiro atoms. The van der Waals surface area contributed by atoms with Crippen LogP contribution in [0.1, 0.15) is 19.8 Å². The number of aromatic nitrogens is 2. The van der Waals surface area contributed by atoms with Gasteiger partial charge in [0.15, 0.2) is 0 Å². The molecule has 1 fully saturated rings. The molecule has 2 N–H and O–H groups in total. The van der Waals surface area contributed by atoms with Crippen molar-refractivity contribution in [2.24, 2.45) is 0 Å². The van der Waals surface area contributed by atoms with Crippen molar-refractivity contribution < 1.29 is 4.74 Å². The number of hydrogen-bond acceptors (Lipinski definition) is 5. The summed E-state index contributed by atoms with van der Waals surface area (Å²) in [5.41, 5.74) is 0. The predicted octanol–water partition coefficient (Wildman–Crippen LogP) is 2.26. The van der Waals surface area contributed by atoms with E-state index in [0.29, 0.717) is 12.1 Å².